The van der Waals surface area contributed by atoms with Crippen LogP contribution in [0, 0.1) is 0 Å². The molecule has 1 heterocycles. The van der Waals surface area contributed by atoms with Crippen molar-refractivity contribution in [3.8, 4) is 0 Å². The van der Waals surface area contributed by atoms with E-state index >= 15 is 0 Å². The number of esters is 1. The zero-order chi connectivity index (χ0) is 14.6. The van der Waals surface area contributed by atoms with Crippen LogP contribution in [0.2, 0.25) is 0 Å². The number of carbonyl (C=O) groups is 1. The molecule has 0 fully saturated rings. The van der Waals surface area contributed by atoms with Gasteiger partial charge in [0.2, 0.25) is 0 Å². The lowest BCUT2D eigenvalue weighted by Gasteiger charge is -2.23. The molecule has 0 saturated heterocycles. The molecule has 0 radical (unpaired) electrons. The van der Waals surface area contributed by atoms with E-state index in [1.54, 1.807) is 24.6 Å². The molecule has 6 heteroatoms. The summed E-state index contributed by atoms with van der Waals surface area (Å²) < 4.78 is 6.44. The molecule has 0 aliphatic carbocycles. The van der Waals surface area contributed by atoms with Crippen molar-refractivity contribution < 1.29 is 9.53 Å². The maximum atomic E-state index is 12.2. The molecule has 1 N–H and O–H groups in total. The maximum absolute atomic E-state index is 12.2. The highest BCUT2D eigenvalue weighted by molar-refractivity contribution is 5.78. The molecule has 19 heavy (non-hydrogen) atoms. The summed E-state index contributed by atoms with van der Waals surface area (Å²) in [4.78, 5) is 27.7. The molecule has 0 saturated carbocycles. The Morgan fingerprint density at radius 2 is 2.16 bits per heavy atom. The zero-order valence-electron chi connectivity index (χ0n) is 12.1. The van der Waals surface area contributed by atoms with Crippen LogP contribution in [0.4, 0.5) is 5.82 Å². The summed E-state index contributed by atoms with van der Waals surface area (Å²) in [6.07, 6.45) is 3.16. The Balaban J connectivity index is 2.98. The Kier molecular flexibility index (Phi) is 4.69. The van der Waals surface area contributed by atoms with E-state index in [2.05, 4.69) is 10.3 Å². The van der Waals surface area contributed by atoms with E-state index in [1.165, 1.54) is 6.20 Å². The number of nitrogens with zero attached hydrogens (tertiary/aromatic N) is 2. The van der Waals surface area contributed by atoms with Crippen LogP contribution in [0.3, 0.4) is 0 Å². The van der Waals surface area contributed by atoms with Crippen LogP contribution >= 0.6 is 0 Å². The Hall–Kier alpha value is -1.85. The van der Waals surface area contributed by atoms with Gasteiger partial charge in [0.15, 0.2) is 5.82 Å². The fraction of sp³-hybridized carbons (Fsp3) is 0.615. The summed E-state index contributed by atoms with van der Waals surface area (Å²) in [6.45, 7) is 9.44. The molecule has 0 aliphatic rings. The summed E-state index contributed by atoms with van der Waals surface area (Å²) in [5.74, 6) is -0.257. The van der Waals surface area contributed by atoms with E-state index in [1.807, 2.05) is 20.8 Å². The van der Waals surface area contributed by atoms with E-state index in [-0.39, 0.29) is 16.9 Å². The third kappa shape index (κ3) is 3.81. The fourth-order valence-corrected chi connectivity index (χ4v) is 1.57. The highest BCUT2D eigenvalue weighted by Crippen LogP contribution is 2.11. The monoisotopic (exact) mass is 267 g/mol. The van der Waals surface area contributed by atoms with Crippen LogP contribution in [-0.2, 0) is 15.1 Å². The van der Waals surface area contributed by atoms with Crippen LogP contribution < -0.4 is 10.9 Å². The minimum absolute atomic E-state index is 0.151. The third-order valence-electron chi connectivity index (χ3n) is 2.56. The lowest BCUT2D eigenvalue weighted by molar-refractivity contribution is -0.143. The summed E-state index contributed by atoms with van der Waals surface area (Å²) in [7, 11) is 0. The third-order valence-corrected chi connectivity index (χ3v) is 2.56. The largest absolute Gasteiger partial charge is 0.464 e. The molecule has 0 amide bonds. The Morgan fingerprint density at radius 3 is 2.68 bits per heavy atom. The van der Waals surface area contributed by atoms with Crippen molar-refractivity contribution in [1.82, 2.24) is 9.55 Å². The van der Waals surface area contributed by atoms with Crippen molar-refractivity contribution in [3.63, 3.8) is 0 Å². The topological polar surface area (TPSA) is 73.2 Å². The molecule has 1 unspecified atom stereocenters. The summed E-state index contributed by atoms with van der Waals surface area (Å²) in [6, 6.07) is -0.615. The Morgan fingerprint density at radius 1 is 1.53 bits per heavy atom. The van der Waals surface area contributed by atoms with E-state index in [9.17, 15) is 9.59 Å². The minimum Gasteiger partial charge on any atom is -0.464 e. The number of carbonyl (C=O) groups excluding carboxylic acids is 1. The molecule has 1 rings (SSSR count). The molecule has 0 bridgehead atoms. The number of ether oxygens (including phenoxy) is 1. The second-order valence-corrected chi connectivity index (χ2v) is 5.24. The fourth-order valence-electron chi connectivity index (χ4n) is 1.57. The van der Waals surface area contributed by atoms with Gasteiger partial charge in [-0.15, -0.1) is 0 Å². The van der Waals surface area contributed by atoms with Gasteiger partial charge in [0.25, 0.3) is 5.56 Å². The van der Waals surface area contributed by atoms with Gasteiger partial charge < -0.3 is 14.6 Å². The van der Waals surface area contributed by atoms with Gasteiger partial charge in [-0.2, -0.15) is 0 Å². The van der Waals surface area contributed by atoms with E-state index in [0.29, 0.717) is 6.61 Å². The van der Waals surface area contributed by atoms with Crippen molar-refractivity contribution in [2.75, 3.05) is 11.9 Å². The van der Waals surface area contributed by atoms with Gasteiger partial charge in [-0.1, -0.05) is 0 Å². The molecule has 1 atom stereocenters. The van der Waals surface area contributed by atoms with Crippen LogP contribution in [0.25, 0.3) is 0 Å². The smallest absolute Gasteiger partial charge is 0.328 e. The number of hydrogen-bond acceptors (Lipinski definition) is 5. The molecular weight excluding hydrogens is 246 g/mol. The van der Waals surface area contributed by atoms with E-state index < -0.39 is 12.0 Å². The maximum Gasteiger partial charge on any atom is 0.328 e. The van der Waals surface area contributed by atoms with Crippen molar-refractivity contribution in [2.45, 2.75) is 46.2 Å². The number of hydrogen-bond donors (Lipinski definition) is 1. The number of nitrogens with one attached hydrogen (secondary N) is 1. The summed E-state index contributed by atoms with van der Waals surface area (Å²) in [5.41, 5.74) is -0.602. The highest BCUT2D eigenvalue weighted by atomic mass is 16.5. The average molecular weight is 267 g/mol. The predicted octanol–water partition coefficient (Wildman–Crippen LogP) is 1.36. The second kappa shape index (κ2) is 5.86. The number of anilines is 1. The number of rotatable bonds is 4. The second-order valence-electron chi connectivity index (χ2n) is 5.24. The van der Waals surface area contributed by atoms with Crippen molar-refractivity contribution in [1.29, 1.82) is 0 Å². The van der Waals surface area contributed by atoms with Crippen LogP contribution in [0.5, 0.6) is 0 Å². The zero-order valence-corrected chi connectivity index (χ0v) is 12.1. The van der Waals surface area contributed by atoms with Crippen LogP contribution in [-0.4, -0.2) is 28.2 Å². The van der Waals surface area contributed by atoms with Gasteiger partial charge >= 0.3 is 5.97 Å². The standard InChI is InChI=1S/C13H21N3O3/c1-6-19-12(18)9(2)15-10-11(17)16(8-7-14-10)13(3,4)5/h7-9H,6H2,1-5H3,(H,14,15). The summed E-state index contributed by atoms with van der Waals surface area (Å²) >= 11 is 0. The SMILES string of the molecule is CCOC(=O)C(C)Nc1nccn(C(C)(C)C)c1=O. The first kappa shape index (κ1) is 15.2. The van der Waals surface area contributed by atoms with Crippen molar-refractivity contribution in [2.24, 2.45) is 0 Å². The average Bonchev–Trinajstić information content (AvgIpc) is 2.30. The normalized spacial score (nSPS) is 12.9. The van der Waals surface area contributed by atoms with Crippen molar-refractivity contribution in [3.05, 3.63) is 22.7 Å². The minimum atomic E-state index is -0.615. The quantitative estimate of drug-likeness (QED) is 0.834. The van der Waals surface area contributed by atoms with Gasteiger partial charge in [-0.25, -0.2) is 9.78 Å². The molecule has 0 aromatic carbocycles. The lowest BCUT2D eigenvalue weighted by atomic mass is 10.1. The van der Waals surface area contributed by atoms with Gasteiger partial charge in [0, 0.05) is 17.9 Å². The Labute approximate surface area is 112 Å². The molecule has 106 valence electrons. The molecule has 0 spiro atoms. The molecule has 1 aromatic rings. The molecule has 0 aliphatic heterocycles. The molecule has 1 aromatic heterocycles. The van der Waals surface area contributed by atoms with Crippen LogP contribution in [0.1, 0.15) is 34.6 Å². The van der Waals surface area contributed by atoms with E-state index in [4.69, 9.17) is 4.74 Å². The van der Waals surface area contributed by atoms with E-state index in [0.717, 1.165) is 0 Å². The van der Waals surface area contributed by atoms with Gasteiger partial charge in [-0.3, -0.25) is 4.79 Å². The Bertz CT molecular complexity index is 503. The van der Waals surface area contributed by atoms with Crippen molar-refractivity contribution >= 4 is 11.8 Å². The summed E-state index contributed by atoms with van der Waals surface area (Å²) in [5, 5.41) is 2.79. The predicted molar refractivity (Wildman–Crippen MR) is 73.2 cm³/mol. The number of aromatic nitrogens is 2. The first-order valence-electron chi connectivity index (χ1n) is 6.28. The molecule has 6 nitrogen and oxygen atoms in total. The van der Waals surface area contributed by atoms with Gasteiger partial charge in [0.05, 0.1) is 6.61 Å². The van der Waals surface area contributed by atoms with Gasteiger partial charge in [-0.05, 0) is 34.6 Å². The lowest BCUT2D eigenvalue weighted by Crippen LogP contribution is -2.38. The first-order chi connectivity index (χ1) is 8.77. The highest BCUT2D eigenvalue weighted by Gasteiger charge is 2.20. The first-order valence-corrected chi connectivity index (χ1v) is 6.28. The van der Waals surface area contributed by atoms with Gasteiger partial charge in [0.1, 0.15) is 6.04 Å². The molecular formula is C13H21N3O3. The van der Waals surface area contributed by atoms with Crippen LogP contribution in [0.15, 0.2) is 17.2 Å².